The fourth-order valence-electron chi connectivity index (χ4n) is 4.06. The molecule has 1 unspecified atom stereocenters. The zero-order chi connectivity index (χ0) is 19.2. The van der Waals surface area contributed by atoms with E-state index in [1.807, 2.05) is 0 Å². The molecule has 1 aliphatic rings. The first-order chi connectivity index (χ1) is 13.3. The van der Waals surface area contributed by atoms with Gasteiger partial charge in [0.2, 0.25) is 0 Å². The van der Waals surface area contributed by atoms with Gasteiger partial charge in [-0.3, -0.25) is 4.79 Å². The van der Waals surface area contributed by atoms with E-state index in [2.05, 4.69) is 31.2 Å². The molecule has 0 amide bonds. The number of carbonyl (C=O) groups excluding carboxylic acids is 1. The third-order valence-electron chi connectivity index (χ3n) is 5.88. The number of esters is 1. The molecule has 0 N–H and O–H groups in total. The van der Waals surface area contributed by atoms with E-state index in [0.29, 0.717) is 6.61 Å². The van der Waals surface area contributed by atoms with Gasteiger partial charge in [0.1, 0.15) is 0 Å². The number of ether oxygens (including phenoxy) is 1. The lowest BCUT2D eigenvalue weighted by Crippen LogP contribution is -2.23. The fourth-order valence-corrected chi connectivity index (χ4v) is 4.06. The predicted molar refractivity (Wildman–Crippen MR) is 114 cm³/mol. The first-order valence-electron chi connectivity index (χ1n) is 11.5. The zero-order valence-electron chi connectivity index (χ0n) is 17.5. The maximum Gasteiger partial charge on any atom is 0.308 e. The highest BCUT2D eigenvalue weighted by molar-refractivity contribution is 5.72. The van der Waals surface area contributed by atoms with Gasteiger partial charge in [0.15, 0.2) is 0 Å². The lowest BCUT2D eigenvalue weighted by molar-refractivity contribution is -0.153. The topological polar surface area (TPSA) is 26.3 Å². The van der Waals surface area contributed by atoms with E-state index in [-0.39, 0.29) is 11.9 Å². The number of rotatable bonds is 14. The summed E-state index contributed by atoms with van der Waals surface area (Å²) in [6.45, 7) is 2.90. The van der Waals surface area contributed by atoms with Crippen LogP contribution in [0.5, 0.6) is 0 Å². The highest BCUT2D eigenvalue weighted by Crippen LogP contribution is 2.22. The molecule has 0 aliphatic carbocycles. The van der Waals surface area contributed by atoms with Crippen molar-refractivity contribution in [1.82, 2.24) is 0 Å². The molecule has 1 heterocycles. The number of carbonyl (C=O) groups is 1. The van der Waals surface area contributed by atoms with Gasteiger partial charge in [0.05, 0.1) is 12.5 Å². The Hall–Kier alpha value is -1.31. The third kappa shape index (κ3) is 9.44. The van der Waals surface area contributed by atoms with Crippen LogP contribution in [0.3, 0.4) is 0 Å². The first kappa shape index (κ1) is 22.0. The van der Waals surface area contributed by atoms with Crippen LogP contribution in [0, 0.1) is 5.92 Å². The minimum absolute atomic E-state index is 0.0493. The normalized spacial score (nSPS) is 17.1. The van der Waals surface area contributed by atoms with Crippen molar-refractivity contribution in [3.8, 4) is 0 Å². The molecule has 1 aromatic carbocycles. The Morgan fingerprint density at radius 1 is 0.815 bits per heavy atom. The van der Waals surface area contributed by atoms with Crippen LogP contribution in [0.25, 0.3) is 0 Å². The second-order valence-electron chi connectivity index (χ2n) is 8.29. The number of benzene rings is 1. The van der Waals surface area contributed by atoms with Gasteiger partial charge in [-0.25, -0.2) is 0 Å². The molecule has 2 rings (SSSR count). The Kier molecular flexibility index (Phi) is 11.2. The van der Waals surface area contributed by atoms with Gasteiger partial charge in [0, 0.05) is 0 Å². The number of unbranched alkanes of at least 4 members (excludes halogenated alkanes) is 8. The van der Waals surface area contributed by atoms with Crippen molar-refractivity contribution in [2.45, 2.75) is 103 Å². The predicted octanol–water partition coefficient (Wildman–Crippen LogP) is 7.04. The van der Waals surface area contributed by atoms with Crippen molar-refractivity contribution in [3.05, 3.63) is 35.4 Å². The summed E-state index contributed by atoms with van der Waals surface area (Å²) in [5, 5.41) is 0. The van der Waals surface area contributed by atoms with Gasteiger partial charge in [-0.2, -0.15) is 0 Å². The molecular weight excluding hydrogens is 332 g/mol. The van der Waals surface area contributed by atoms with Crippen LogP contribution in [0.1, 0.15) is 102 Å². The standard InChI is InChI=1S/C25H40O2/c1-2-3-4-9-13-22-17-19-23(20-18-22)14-10-7-5-6-8-11-15-24-16-12-21-27-25(24)26/h17-20,24H,2-16,21H2,1H3. The lowest BCUT2D eigenvalue weighted by Gasteiger charge is -2.20. The molecule has 27 heavy (non-hydrogen) atoms. The number of aryl methyl sites for hydroxylation is 2. The summed E-state index contributed by atoms with van der Waals surface area (Å²) in [4.78, 5) is 11.6. The zero-order valence-corrected chi connectivity index (χ0v) is 17.5. The molecule has 152 valence electrons. The Morgan fingerprint density at radius 3 is 1.96 bits per heavy atom. The monoisotopic (exact) mass is 372 g/mol. The van der Waals surface area contributed by atoms with Crippen molar-refractivity contribution in [1.29, 1.82) is 0 Å². The molecular formula is C25H40O2. The summed E-state index contributed by atoms with van der Waals surface area (Å²) in [6.07, 6.45) is 18.6. The van der Waals surface area contributed by atoms with E-state index in [1.54, 1.807) is 0 Å². The van der Waals surface area contributed by atoms with Crippen LogP contribution in [0.2, 0.25) is 0 Å². The molecule has 0 spiro atoms. The van der Waals surface area contributed by atoms with Crippen LogP contribution in [-0.4, -0.2) is 12.6 Å². The minimum Gasteiger partial charge on any atom is -0.465 e. The van der Waals surface area contributed by atoms with Crippen molar-refractivity contribution in [3.63, 3.8) is 0 Å². The fraction of sp³-hybridized carbons (Fsp3) is 0.720. The van der Waals surface area contributed by atoms with Crippen molar-refractivity contribution >= 4 is 5.97 Å². The van der Waals surface area contributed by atoms with Gasteiger partial charge in [-0.15, -0.1) is 0 Å². The van der Waals surface area contributed by atoms with E-state index in [0.717, 1.165) is 19.3 Å². The largest absolute Gasteiger partial charge is 0.465 e. The Balaban J connectivity index is 1.45. The molecule has 1 saturated heterocycles. The molecule has 0 radical (unpaired) electrons. The van der Waals surface area contributed by atoms with Crippen LogP contribution in [-0.2, 0) is 22.4 Å². The maximum atomic E-state index is 11.6. The second kappa shape index (κ2) is 13.8. The van der Waals surface area contributed by atoms with E-state index in [4.69, 9.17) is 4.74 Å². The number of cyclic esters (lactones) is 1. The quantitative estimate of drug-likeness (QED) is 0.259. The van der Waals surface area contributed by atoms with Gasteiger partial charge in [-0.05, 0) is 56.1 Å². The smallest absolute Gasteiger partial charge is 0.308 e. The SMILES string of the molecule is CCCCCCc1ccc(CCCCCCCCC2CCCOC2=O)cc1. The van der Waals surface area contributed by atoms with E-state index < -0.39 is 0 Å². The Bertz CT molecular complexity index is 506. The molecule has 0 bridgehead atoms. The highest BCUT2D eigenvalue weighted by Gasteiger charge is 2.22. The molecule has 2 heteroatoms. The molecule has 0 aromatic heterocycles. The molecule has 0 saturated carbocycles. The third-order valence-corrected chi connectivity index (χ3v) is 5.88. The van der Waals surface area contributed by atoms with Gasteiger partial charge >= 0.3 is 5.97 Å². The summed E-state index contributed by atoms with van der Waals surface area (Å²) >= 11 is 0. The summed E-state index contributed by atoms with van der Waals surface area (Å²) in [5.74, 6) is 0.238. The van der Waals surface area contributed by atoms with Crippen LogP contribution in [0.4, 0.5) is 0 Å². The molecule has 2 nitrogen and oxygen atoms in total. The van der Waals surface area contributed by atoms with Crippen LogP contribution < -0.4 is 0 Å². The Morgan fingerprint density at radius 2 is 1.37 bits per heavy atom. The van der Waals surface area contributed by atoms with Crippen molar-refractivity contribution in [2.75, 3.05) is 6.61 Å². The van der Waals surface area contributed by atoms with Crippen molar-refractivity contribution in [2.24, 2.45) is 5.92 Å². The molecule has 1 aromatic rings. The van der Waals surface area contributed by atoms with Gasteiger partial charge in [0.25, 0.3) is 0 Å². The average molecular weight is 373 g/mol. The summed E-state index contributed by atoms with van der Waals surface area (Å²) in [6, 6.07) is 9.33. The lowest BCUT2D eigenvalue weighted by atomic mass is 9.94. The molecule has 1 fully saturated rings. The first-order valence-corrected chi connectivity index (χ1v) is 11.5. The molecule has 1 atom stereocenters. The molecule has 1 aliphatic heterocycles. The summed E-state index contributed by atoms with van der Waals surface area (Å²) < 4.78 is 5.14. The van der Waals surface area contributed by atoms with Gasteiger partial charge < -0.3 is 4.74 Å². The Labute approximate surface area is 167 Å². The van der Waals surface area contributed by atoms with E-state index in [9.17, 15) is 4.79 Å². The van der Waals surface area contributed by atoms with E-state index >= 15 is 0 Å². The van der Waals surface area contributed by atoms with Crippen molar-refractivity contribution < 1.29 is 9.53 Å². The maximum absolute atomic E-state index is 11.6. The summed E-state index contributed by atoms with van der Waals surface area (Å²) in [5.41, 5.74) is 2.99. The minimum atomic E-state index is 0.0493. The van der Waals surface area contributed by atoms with Crippen LogP contribution in [0.15, 0.2) is 24.3 Å². The second-order valence-corrected chi connectivity index (χ2v) is 8.29. The highest BCUT2D eigenvalue weighted by atomic mass is 16.5. The van der Waals surface area contributed by atoms with Gasteiger partial charge in [-0.1, -0.05) is 82.6 Å². The summed E-state index contributed by atoms with van der Waals surface area (Å²) in [7, 11) is 0. The average Bonchev–Trinajstić information content (AvgIpc) is 2.69. The number of hydrogen-bond acceptors (Lipinski definition) is 2. The van der Waals surface area contributed by atoms with Crippen LogP contribution >= 0.6 is 0 Å². The number of hydrogen-bond donors (Lipinski definition) is 0. The van der Waals surface area contributed by atoms with E-state index in [1.165, 1.54) is 88.2 Å².